The van der Waals surface area contributed by atoms with Crippen molar-refractivity contribution < 1.29 is 29.0 Å². The van der Waals surface area contributed by atoms with Crippen LogP contribution in [0.25, 0.3) is 0 Å². The third-order valence-electron chi connectivity index (χ3n) is 7.00. The van der Waals surface area contributed by atoms with Crippen molar-refractivity contribution in [3.05, 3.63) is 44.4 Å². The monoisotopic (exact) mass is 512 g/mol. The van der Waals surface area contributed by atoms with E-state index >= 15 is 0 Å². The Hall–Kier alpha value is -3.47. The van der Waals surface area contributed by atoms with E-state index in [1.54, 1.807) is 23.5 Å². The lowest BCUT2D eigenvalue weighted by Gasteiger charge is -2.29. The van der Waals surface area contributed by atoms with Crippen molar-refractivity contribution >= 4 is 35.2 Å². The van der Waals surface area contributed by atoms with E-state index in [1.165, 1.54) is 9.78 Å². The molecule has 2 aliphatic heterocycles. The number of aromatic nitrogens is 1. The molecule has 1 aliphatic carbocycles. The highest BCUT2D eigenvalue weighted by molar-refractivity contribution is 7.11. The third kappa shape index (κ3) is 4.67. The summed E-state index contributed by atoms with van der Waals surface area (Å²) in [5.41, 5.74) is 2.41. The van der Waals surface area contributed by atoms with E-state index in [2.05, 4.69) is 29.5 Å². The van der Waals surface area contributed by atoms with Crippen LogP contribution in [0.1, 0.15) is 70.2 Å². The molecule has 1 aromatic carbocycles. The summed E-state index contributed by atoms with van der Waals surface area (Å²) >= 11 is 1.58. The van der Waals surface area contributed by atoms with Crippen molar-refractivity contribution in [1.29, 1.82) is 0 Å². The number of benzene rings is 1. The van der Waals surface area contributed by atoms with E-state index in [0.29, 0.717) is 11.1 Å². The summed E-state index contributed by atoms with van der Waals surface area (Å²) in [4.78, 5) is 56.2. The quantitative estimate of drug-likeness (QED) is 0.524. The fraction of sp³-hybridized carbons (Fsp3) is 0.480. The van der Waals surface area contributed by atoms with Gasteiger partial charge in [-0.3, -0.25) is 19.7 Å². The normalized spacial score (nSPS) is 20.6. The highest BCUT2D eigenvalue weighted by Gasteiger charge is 2.40. The SMILES string of the molecule is CC1(C)CCc2nc(COC(=O)NCc3ccc4c(c3O)C(=O)N(C3CCC(=O)NC3=O)C4)sc2C1. The minimum Gasteiger partial charge on any atom is -0.507 e. The predicted molar refractivity (Wildman–Crippen MR) is 129 cm³/mol. The molecule has 0 bridgehead atoms. The zero-order valence-corrected chi connectivity index (χ0v) is 21.0. The molecule has 190 valence electrons. The summed E-state index contributed by atoms with van der Waals surface area (Å²) in [6.07, 6.45) is 2.74. The van der Waals surface area contributed by atoms with Gasteiger partial charge in [0.2, 0.25) is 11.8 Å². The van der Waals surface area contributed by atoms with Gasteiger partial charge in [0.25, 0.3) is 5.91 Å². The molecule has 0 spiro atoms. The van der Waals surface area contributed by atoms with Crippen LogP contribution in [0.3, 0.4) is 0 Å². The molecule has 1 atom stereocenters. The number of thiazole rings is 1. The second kappa shape index (κ2) is 9.20. The first-order chi connectivity index (χ1) is 17.1. The molecule has 4 amide bonds. The molecule has 3 aliphatic rings. The Bertz CT molecular complexity index is 1270. The summed E-state index contributed by atoms with van der Waals surface area (Å²) < 4.78 is 5.32. The number of rotatable bonds is 5. The van der Waals surface area contributed by atoms with Crippen molar-refractivity contribution in [2.45, 2.75) is 71.7 Å². The number of nitrogens with one attached hydrogen (secondary N) is 2. The number of aryl methyl sites for hydroxylation is 1. The number of carbonyl (C=O) groups excluding carboxylic acids is 4. The molecular formula is C25H28N4O6S. The maximum absolute atomic E-state index is 13.0. The minimum absolute atomic E-state index is 0.0355. The molecule has 2 aromatic rings. The van der Waals surface area contributed by atoms with Gasteiger partial charge >= 0.3 is 6.09 Å². The molecule has 36 heavy (non-hydrogen) atoms. The highest BCUT2D eigenvalue weighted by atomic mass is 32.1. The first kappa shape index (κ1) is 24.2. The van der Waals surface area contributed by atoms with Gasteiger partial charge in [0.15, 0.2) is 0 Å². The zero-order chi connectivity index (χ0) is 25.6. The van der Waals surface area contributed by atoms with Crippen LogP contribution in [-0.4, -0.2) is 44.8 Å². The third-order valence-corrected chi connectivity index (χ3v) is 8.07. The Morgan fingerprint density at radius 3 is 2.89 bits per heavy atom. The van der Waals surface area contributed by atoms with Gasteiger partial charge in [0.05, 0.1) is 11.3 Å². The van der Waals surface area contributed by atoms with Crippen LogP contribution in [0, 0.1) is 5.41 Å². The number of piperidine rings is 1. The Balaban J connectivity index is 1.18. The van der Waals surface area contributed by atoms with E-state index < -0.39 is 23.9 Å². The summed E-state index contributed by atoms with van der Waals surface area (Å²) in [6, 6.07) is 2.57. The summed E-state index contributed by atoms with van der Waals surface area (Å²) in [7, 11) is 0. The fourth-order valence-corrected chi connectivity index (χ4v) is 6.26. The predicted octanol–water partition coefficient (Wildman–Crippen LogP) is 2.55. The van der Waals surface area contributed by atoms with E-state index in [1.807, 2.05) is 0 Å². The molecule has 10 nitrogen and oxygen atoms in total. The highest BCUT2D eigenvalue weighted by Crippen LogP contribution is 2.38. The smallest absolute Gasteiger partial charge is 0.407 e. The maximum atomic E-state index is 13.0. The van der Waals surface area contributed by atoms with Gasteiger partial charge in [-0.1, -0.05) is 26.0 Å². The molecule has 3 N–H and O–H groups in total. The molecule has 1 aromatic heterocycles. The van der Waals surface area contributed by atoms with Crippen LogP contribution >= 0.6 is 11.3 Å². The lowest BCUT2D eigenvalue weighted by molar-refractivity contribution is -0.136. The van der Waals surface area contributed by atoms with Gasteiger partial charge in [-0.2, -0.15) is 0 Å². The zero-order valence-electron chi connectivity index (χ0n) is 20.2. The lowest BCUT2D eigenvalue weighted by Crippen LogP contribution is -2.52. The molecule has 11 heteroatoms. The largest absolute Gasteiger partial charge is 0.507 e. The number of carbonyl (C=O) groups is 4. The van der Waals surface area contributed by atoms with Gasteiger partial charge in [-0.15, -0.1) is 11.3 Å². The van der Waals surface area contributed by atoms with Crippen molar-refractivity contribution in [2.75, 3.05) is 0 Å². The second-order valence-corrected chi connectivity index (χ2v) is 11.4. The van der Waals surface area contributed by atoms with Crippen LogP contribution in [0.15, 0.2) is 12.1 Å². The number of ether oxygens (including phenoxy) is 1. The van der Waals surface area contributed by atoms with Crippen molar-refractivity contribution in [3.8, 4) is 5.75 Å². The average Bonchev–Trinajstić information content (AvgIpc) is 3.37. The van der Waals surface area contributed by atoms with Crippen LogP contribution in [-0.2, 0) is 46.9 Å². The Morgan fingerprint density at radius 2 is 2.11 bits per heavy atom. The van der Waals surface area contributed by atoms with Crippen molar-refractivity contribution in [1.82, 2.24) is 20.5 Å². The molecule has 3 heterocycles. The van der Waals surface area contributed by atoms with Crippen LogP contribution in [0.2, 0.25) is 0 Å². The molecule has 0 radical (unpaired) electrons. The topological polar surface area (TPSA) is 138 Å². The van der Waals surface area contributed by atoms with Gasteiger partial charge in [0.1, 0.15) is 23.4 Å². The molecule has 5 rings (SSSR count). The summed E-state index contributed by atoms with van der Waals surface area (Å²) in [6.45, 7) is 4.69. The number of hydrogen-bond donors (Lipinski definition) is 3. The van der Waals surface area contributed by atoms with E-state index in [4.69, 9.17) is 4.74 Å². The molecule has 0 saturated carbocycles. The number of alkyl carbamates (subject to hydrolysis) is 1. The number of imide groups is 1. The number of fused-ring (bicyclic) bond motifs is 2. The Labute approximate surface area is 212 Å². The van der Waals surface area contributed by atoms with E-state index in [0.717, 1.165) is 30.0 Å². The van der Waals surface area contributed by atoms with Crippen LogP contribution in [0.5, 0.6) is 5.75 Å². The first-order valence-corrected chi connectivity index (χ1v) is 12.8. The van der Waals surface area contributed by atoms with E-state index in [9.17, 15) is 24.3 Å². The van der Waals surface area contributed by atoms with Gasteiger partial charge in [-0.05, 0) is 36.7 Å². The second-order valence-electron chi connectivity index (χ2n) is 10.3. The fourth-order valence-electron chi connectivity index (χ4n) is 4.98. The maximum Gasteiger partial charge on any atom is 0.407 e. The molecule has 1 saturated heterocycles. The van der Waals surface area contributed by atoms with Crippen molar-refractivity contribution in [2.24, 2.45) is 5.41 Å². The van der Waals surface area contributed by atoms with Gasteiger partial charge in [-0.25, -0.2) is 9.78 Å². The molecule has 1 fully saturated rings. The Morgan fingerprint density at radius 1 is 1.31 bits per heavy atom. The van der Waals surface area contributed by atoms with Crippen LogP contribution < -0.4 is 10.6 Å². The number of amides is 4. The van der Waals surface area contributed by atoms with Gasteiger partial charge < -0.3 is 20.1 Å². The molecule has 1 unspecified atom stereocenters. The minimum atomic E-state index is -0.763. The number of hydrogen-bond acceptors (Lipinski definition) is 8. The van der Waals surface area contributed by atoms with E-state index in [-0.39, 0.29) is 55.2 Å². The first-order valence-electron chi connectivity index (χ1n) is 12.0. The molecular weight excluding hydrogens is 484 g/mol. The standard InChI is InChI=1S/C25H28N4O6S/c1-25(2)8-7-15-17(9-25)36-19(27-15)12-35-24(34)26-10-13-3-4-14-11-29(23(33)20(14)21(13)31)16-5-6-18(30)28-22(16)32/h3-4,16,31H,5-12H2,1-2H3,(H,26,34)(H,28,30,32). The van der Waals surface area contributed by atoms with Gasteiger partial charge in [0, 0.05) is 30.0 Å². The number of phenols is 1. The van der Waals surface area contributed by atoms with Crippen molar-refractivity contribution in [3.63, 3.8) is 0 Å². The number of phenolic OH excluding ortho intramolecular Hbond substituents is 1. The average molecular weight is 513 g/mol. The Kier molecular flexibility index (Phi) is 6.19. The van der Waals surface area contributed by atoms with Crippen LogP contribution in [0.4, 0.5) is 4.79 Å². The number of nitrogens with zero attached hydrogens (tertiary/aromatic N) is 2. The summed E-state index contributed by atoms with van der Waals surface area (Å²) in [5, 5.41) is 16.4. The summed E-state index contributed by atoms with van der Waals surface area (Å²) in [5.74, 6) is -1.58. The lowest BCUT2D eigenvalue weighted by atomic mass is 9.79. The number of aromatic hydroxyl groups is 1.